The topological polar surface area (TPSA) is 20.2 Å². The highest BCUT2D eigenvalue weighted by Gasteiger charge is 2.11. The van der Waals surface area contributed by atoms with Gasteiger partial charge in [0.25, 0.3) is 0 Å². The summed E-state index contributed by atoms with van der Waals surface area (Å²) >= 11 is 5.90. The Kier molecular flexibility index (Phi) is 2.63. The molecule has 3 heteroatoms. The maximum absolute atomic E-state index is 8.66. The lowest BCUT2D eigenvalue weighted by molar-refractivity contribution is 0.240. The minimum absolute atomic E-state index is 0.660. The molecule has 0 unspecified atom stereocenters. The van der Waals surface area contributed by atoms with Crippen molar-refractivity contribution in [2.45, 2.75) is 16.8 Å². The highest BCUT2D eigenvalue weighted by Crippen LogP contribution is 2.24. The Morgan fingerprint density at radius 3 is 1.83 bits per heavy atom. The van der Waals surface area contributed by atoms with E-state index in [4.69, 9.17) is 5.11 Å². The minimum Gasteiger partial charge on any atom is -0.369 e. The number of hydrogen-bond donors (Lipinski definition) is 1. The lowest BCUT2D eigenvalue weighted by Gasteiger charge is -2.06. The third-order valence-electron chi connectivity index (χ3n) is 0.425. The van der Waals surface area contributed by atoms with Gasteiger partial charge in [0, 0.05) is 0 Å². The van der Waals surface area contributed by atoms with Crippen LogP contribution < -0.4 is 0 Å². The summed E-state index contributed by atoms with van der Waals surface area (Å²) in [5.74, 6) is 0. The summed E-state index contributed by atoms with van der Waals surface area (Å²) in [4.78, 5) is 0. The van der Waals surface area contributed by atoms with Crippen LogP contribution in [0.15, 0.2) is 0 Å². The summed E-state index contributed by atoms with van der Waals surface area (Å²) in [6.07, 6.45) is 0.660. The molecule has 0 fully saturated rings. The highest BCUT2D eigenvalue weighted by molar-refractivity contribution is 9.25. The Bertz CT molecular complexity index is 38.5. The number of rotatable bonds is 1. The van der Waals surface area contributed by atoms with Crippen molar-refractivity contribution < 1.29 is 5.11 Å². The fraction of sp³-hybridized carbons (Fsp3) is 1.00. The first-order chi connectivity index (χ1) is 2.56. The summed E-state index contributed by atoms with van der Waals surface area (Å²) in [7, 11) is 0. The van der Waals surface area contributed by atoms with Crippen molar-refractivity contribution in [3.8, 4) is 0 Å². The van der Waals surface area contributed by atoms with E-state index >= 15 is 0 Å². The van der Waals surface area contributed by atoms with Gasteiger partial charge in [0.05, 0.1) is 0 Å². The van der Waals surface area contributed by atoms with Gasteiger partial charge in [0.15, 0.2) is 3.42 Å². The molecule has 1 N–H and O–H groups in total. The molecular weight excluding hydrogens is 212 g/mol. The Hall–Kier alpha value is 0.920. The first kappa shape index (κ1) is 6.92. The van der Waals surface area contributed by atoms with E-state index in [2.05, 4.69) is 31.9 Å². The second kappa shape index (κ2) is 2.28. The quantitative estimate of drug-likeness (QED) is 0.665. The molecule has 0 rings (SSSR count). The molecule has 0 heterocycles. The number of alkyl halides is 2. The molecule has 0 atom stereocenters. The van der Waals surface area contributed by atoms with E-state index in [0.29, 0.717) is 6.42 Å². The molecule has 0 saturated carbocycles. The van der Waals surface area contributed by atoms with Gasteiger partial charge in [-0.1, -0.05) is 6.92 Å². The third-order valence-corrected chi connectivity index (χ3v) is 1.55. The summed E-state index contributed by atoms with van der Waals surface area (Å²) in [6.45, 7) is 1.86. The summed E-state index contributed by atoms with van der Waals surface area (Å²) in [6, 6.07) is 0. The average molecular weight is 218 g/mol. The Morgan fingerprint density at radius 1 is 1.67 bits per heavy atom. The standard InChI is InChI=1S/C3H6Br2O/c1-2-3(4,5)6/h6H,2H2,1H3. The van der Waals surface area contributed by atoms with Crippen LogP contribution in [0.4, 0.5) is 0 Å². The largest absolute Gasteiger partial charge is 0.369 e. The molecule has 0 saturated heterocycles. The SMILES string of the molecule is CCC(O)(Br)Br. The summed E-state index contributed by atoms with van der Waals surface area (Å²) in [5.41, 5.74) is 0. The monoisotopic (exact) mass is 216 g/mol. The molecule has 0 aromatic rings. The number of halogens is 2. The molecular formula is C3H6Br2O. The van der Waals surface area contributed by atoms with Crippen molar-refractivity contribution in [2.24, 2.45) is 0 Å². The van der Waals surface area contributed by atoms with Crippen LogP contribution in [0.25, 0.3) is 0 Å². The predicted octanol–water partition coefficient (Wildman–Crippen LogP) is 1.83. The smallest absolute Gasteiger partial charge is 0.174 e. The van der Waals surface area contributed by atoms with Gasteiger partial charge in [-0.15, -0.1) is 0 Å². The van der Waals surface area contributed by atoms with E-state index in [-0.39, 0.29) is 0 Å². The van der Waals surface area contributed by atoms with Gasteiger partial charge < -0.3 is 5.11 Å². The average Bonchev–Trinajstić information content (AvgIpc) is 1.35. The van der Waals surface area contributed by atoms with E-state index in [9.17, 15) is 0 Å². The normalized spacial score (nSPS) is 12.0. The van der Waals surface area contributed by atoms with Crippen molar-refractivity contribution in [1.82, 2.24) is 0 Å². The first-order valence-corrected chi connectivity index (χ1v) is 3.25. The van der Waals surface area contributed by atoms with Gasteiger partial charge in [-0.05, 0) is 38.3 Å². The van der Waals surface area contributed by atoms with Crippen molar-refractivity contribution in [2.75, 3.05) is 0 Å². The first-order valence-electron chi connectivity index (χ1n) is 1.66. The zero-order valence-electron chi connectivity index (χ0n) is 3.41. The van der Waals surface area contributed by atoms with Gasteiger partial charge in [-0.25, -0.2) is 0 Å². The zero-order valence-corrected chi connectivity index (χ0v) is 6.58. The van der Waals surface area contributed by atoms with E-state index < -0.39 is 3.42 Å². The zero-order chi connectivity index (χ0) is 5.21. The molecule has 0 spiro atoms. The van der Waals surface area contributed by atoms with E-state index in [1.54, 1.807) is 0 Å². The Morgan fingerprint density at radius 2 is 1.83 bits per heavy atom. The van der Waals surface area contributed by atoms with Gasteiger partial charge in [0.1, 0.15) is 0 Å². The Labute approximate surface area is 54.0 Å². The van der Waals surface area contributed by atoms with Crippen molar-refractivity contribution in [3.05, 3.63) is 0 Å². The fourth-order valence-electron chi connectivity index (χ4n) is 0. The van der Waals surface area contributed by atoms with Crippen LogP contribution in [0.2, 0.25) is 0 Å². The maximum Gasteiger partial charge on any atom is 0.174 e. The molecule has 38 valence electrons. The summed E-state index contributed by atoms with van der Waals surface area (Å²) in [5, 5.41) is 8.66. The van der Waals surface area contributed by atoms with Gasteiger partial charge in [0.2, 0.25) is 0 Å². The van der Waals surface area contributed by atoms with Crippen LogP contribution in [-0.2, 0) is 0 Å². The van der Waals surface area contributed by atoms with E-state index in [1.165, 1.54) is 0 Å². The third kappa shape index (κ3) is 4.92. The van der Waals surface area contributed by atoms with Crippen molar-refractivity contribution in [3.63, 3.8) is 0 Å². The molecule has 0 radical (unpaired) electrons. The second-order valence-electron chi connectivity index (χ2n) is 1.02. The van der Waals surface area contributed by atoms with Crippen LogP contribution in [0.1, 0.15) is 13.3 Å². The Balaban J connectivity index is 3.17. The lowest BCUT2D eigenvalue weighted by Crippen LogP contribution is -2.04. The molecule has 0 aliphatic carbocycles. The van der Waals surface area contributed by atoms with Gasteiger partial charge in [-0.3, -0.25) is 0 Å². The molecule has 0 bridgehead atoms. The molecule has 6 heavy (non-hydrogen) atoms. The van der Waals surface area contributed by atoms with Gasteiger partial charge in [-0.2, -0.15) is 0 Å². The molecule has 0 amide bonds. The number of aliphatic hydroxyl groups is 1. The van der Waals surface area contributed by atoms with Crippen LogP contribution >= 0.6 is 31.9 Å². The minimum atomic E-state index is -0.833. The molecule has 0 aliphatic heterocycles. The maximum atomic E-state index is 8.66. The molecule has 0 aromatic carbocycles. The number of hydrogen-bond acceptors (Lipinski definition) is 1. The van der Waals surface area contributed by atoms with Crippen LogP contribution in [0, 0.1) is 0 Å². The van der Waals surface area contributed by atoms with Crippen LogP contribution in [0.3, 0.4) is 0 Å². The highest BCUT2D eigenvalue weighted by atomic mass is 79.9. The fourth-order valence-corrected chi connectivity index (χ4v) is 0. The van der Waals surface area contributed by atoms with E-state index in [0.717, 1.165) is 0 Å². The summed E-state index contributed by atoms with van der Waals surface area (Å²) < 4.78 is -0.833. The predicted molar refractivity (Wildman–Crippen MR) is 33.1 cm³/mol. The van der Waals surface area contributed by atoms with Crippen LogP contribution in [0.5, 0.6) is 0 Å². The van der Waals surface area contributed by atoms with Gasteiger partial charge >= 0.3 is 0 Å². The van der Waals surface area contributed by atoms with E-state index in [1.807, 2.05) is 6.92 Å². The molecule has 1 nitrogen and oxygen atoms in total. The van der Waals surface area contributed by atoms with Crippen molar-refractivity contribution >= 4 is 31.9 Å². The van der Waals surface area contributed by atoms with Crippen LogP contribution in [-0.4, -0.2) is 8.53 Å². The molecule has 0 aliphatic rings. The molecule has 0 aromatic heterocycles. The lowest BCUT2D eigenvalue weighted by atomic mass is 10.5. The van der Waals surface area contributed by atoms with Crippen molar-refractivity contribution in [1.29, 1.82) is 0 Å². The second-order valence-corrected chi connectivity index (χ2v) is 4.71.